The zero-order valence-electron chi connectivity index (χ0n) is 17.2. The zero-order chi connectivity index (χ0) is 19.4. The summed E-state index contributed by atoms with van der Waals surface area (Å²) in [4.78, 5) is 23.6. The van der Waals surface area contributed by atoms with Gasteiger partial charge in [-0.25, -0.2) is 0 Å². The molecule has 1 aliphatic carbocycles. The molecule has 0 saturated heterocycles. The van der Waals surface area contributed by atoms with Gasteiger partial charge in [0.2, 0.25) is 0 Å². The van der Waals surface area contributed by atoms with E-state index in [1.165, 1.54) is 44.9 Å². The Morgan fingerprint density at radius 2 is 1.35 bits per heavy atom. The van der Waals surface area contributed by atoms with Gasteiger partial charge in [0.1, 0.15) is 0 Å². The molecule has 26 heavy (non-hydrogen) atoms. The molecule has 0 amide bonds. The molecule has 0 aromatic carbocycles. The van der Waals surface area contributed by atoms with Crippen LogP contribution >= 0.6 is 0 Å². The quantitative estimate of drug-likeness (QED) is 0.321. The molecule has 1 aliphatic rings. The van der Waals surface area contributed by atoms with E-state index < -0.39 is 17.8 Å². The van der Waals surface area contributed by atoms with Gasteiger partial charge in [-0.1, -0.05) is 71.6 Å². The van der Waals surface area contributed by atoms with Gasteiger partial charge in [0.05, 0.1) is 17.9 Å². The summed E-state index contributed by atoms with van der Waals surface area (Å²) < 4.78 is 5.55. The lowest BCUT2D eigenvalue weighted by Gasteiger charge is -2.28. The second-order valence-electron chi connectivity index (χ2n) is 8.53. The number of carbonyl (C=O) groups is 2. The second-order valence-corrected chi connectivity index (χ2v) is 8.53. The summed E-state index contributed by atoms with van der Waals surface area (Å²) in [7, 11) is 0. The van der Waals surface area contributed by atoms with Crippen LogP contribution in [-0.2, 0) is 14.3 Å². The van der Waals surface area contributed by atoms with Gasteiger partial charge in [0.25, 0.3) is 0 Å². The Hall–Kier alpha value is -1.06. The van der Waals surface area contributed by atoms with Gasteiger partial charge in [-0.2, -0.15) is 0 Å². The molecule has 1 rings (SSSR count). The first-order valence-electron chi connectivity index (χ1n) is 10.8. The molecule has 1 fully saturated rings. The number of carbonyl (C=O) groups excluding carboxylic acids is 1. The van der Waals surface area contributed by atoms with Crippen molar-refractivity contribution in [3.8, 4) is 0 Å². The fourth-order valence-corrected chi connectivity index (χ4v) is 3.92. The van der Waals surface area contributed by atoms with Crippen molar-refractivity contribution in [2.45, 2.75) is 110 Å². The molecule has 0 aliphatic heterocycles. The SMILES string of the molecule is CC(C)CCCCCCCCCC(C)OC(=O)C1CCCCC1C(=O)O. The lowest BCUT2D eigenvalue weighted by molar-refractivity contribution is -0.163. The van der Waals surface area contributed by atoms with E-state index in [0.717, 1.165) is 31.6 Å². The minimum atomic E-state index is -0.854. The van der Waals surface area contributed by atoms with Crippen molar-refractivity contribution < 1.29 is 19.4 Å². The molecule has 0 aromatic heterocycles. The Morgan fingerprint density at radius 1 is 0.846 bits per heavy atom. The number of carboxylic acids is 1. The Kier molecular flexibility index (Phi) is 11.6. The van der Waals surface area contributed by atoms with Gasteiger partial charge in [-0.15, -0.1) is 0 Å². The normalized spacial score (nSPS) is 21.5. The lowest BCUT2D eigenvalue weighted by atomic mass is 9.79. The van der Waals surface area contributed by atoms with E-state index in [1.54, 1.807) is 0 Å². The highest BCUT2D eigenvalue weighted by molar-refractivity contribution is 5.81. The highest BCUT2D eigenvalue weighted by atomic mass is 16.5. The molecule has 0 bridgehead atoms. The first kappa shape index (κ1) is 23.0. The summed E-state index contributed by atoms with van der Waals surface area (Å²) in [5.41, 5.74) is 0. The molecule has 1 saturated carbocycles. The Morgan fingerprint density at radius 3 is 1.88 bits per heavy atom. The van der Waals surface area contributed by atoms with E-state index in [1.807, 2.05) is 6.92 Å². The van der Waals surface area contributed by atoms with Crippen LogP contribution in [0.5, 0.6) is 0 Å². The minimum absolute atomic E-state index is 0.107. The van der Waals surface area contributed by atoms with Gasteiger partial charge in [-0.3, -0.25) is 9.59 Å². The van der Waals surface area contributed by atoms with Gasteiger partial charge < -0.3 is 9.84 Å². The molecule has 0 aromatic rings. The molecule has 4 nitrogen and oxygen atoms in total. The molecular weight excluding hydrogens is 328 g/mol. The predicted molar refractivity (Wildman–Crippen MR) is 105 cm³/mol. The number of ether oxygens (including phenoxy) is 1. The first-order chi connectivity index (χ1) is 12.4. The van der Waals surface area contributed by atoms with E-state index in [0.29, 0.717) is 12.8 Å². The highest BCUT2D eigenvalue weighted by Gasteiger charge is 2.37. The van der Waals surface area contributed by atoms with E-state index in [2.05, 4.69) is 13.8 Å². The fourth-order valence-electron chi connectivity index (χ4n) is 3.92. The summed E-state index contributed by atoms with van der Waals surface area (Å²) in [5.74, 6) is -1.34. The Balaban J connectivity index is 2.09. The minimum Gasteiger partial charge on any atom is -0.481 e. The van der Waals surface area contributed by atoms with Crippen molar-refractivity contribution in [2.75, 3.05) is 0 Å². The van der Waals surface area contributed by atoms with Gasteiger partial charge in [0.15, 0.2) is 0 Å². The first-order valence-corrected chi connectivity index (χ1v) is 10.8. The lowest BCUT2D eigenvalue weighted by Crippen LogP contribution is -2.35. The molecule has 3 atom stereocenters. The van der Waals surface area contributed by atoms with Crippen molar-refractivity contribution in [3.05, 3.63) is 0 Å². The number of rotatable bonds is 13. The number of carboxylic acid groups (broad SMARTS) is 1. The topological polar surface area (TPSA) is 63.6 Å². The number of hydrogen-bond acceptors (Lipinski definition) is 3. The number of hydrogen-bond donors (Lipinski definition) is 1. The third-order valence-corrected chi connectivity index (χ3v) is 5.60. The van der Waals surface area contributed by atoms with Crippen LogP contribution in [-0.4, -0.2) is 23.1 Å². The van der Waals surface area contributed by atoms with Crippen molar-refractivity contribution in [1.82, 2.24) is 0 Å². The molecule has 152 valence electrons. The predicted octanol–water partition coefficient (Wildman–Crippen LogP) is 5.98. The smallest absolute Gasteiger partial charge is 0.310 e. The van der Waals surface area contributed by atoms with Gasteiger partial charge in [-0.05, 0) is 38.5 Å². The Bertz CT molecular complexity index is 405. The maximum Gasteiger partial charge on any atom is 0.310 e. The fraction of sp³-hybridized carbons (Fsp3) is 0.909. The highest BCUT2D eigenvalue weighted by Crippen LogP contribution is 2.31. The average molecular weight is 369 g/mol. The third-order valence-electron chi connectivity index (χ3n) is 5.60. The average Bonchev–Trinajstić information content (AvgIpc) is 2.59. The van der Waals surface area contributed by atoms with Crippen LogP contribution < -0.4 is 0 Å². The molecule has 1 N–H and O–H groups in total. The number of aliphatic carboxylic acids is 1. The summed E-state index contributed by atoms with van der Waals surface area (Å²) in [6, 6.07) is 0. The molecule has 4 heteroatoms. The monoisotopic (exact) mass is 368 g/mol. The summed E-state index contributed by atoms with van der Waals surface area (Å²) in [5, 5.41) is 9.29. The van der Waals surface area contributed by atoms with Gasteiger partial charge >= 0.3 is 11.9 Å². The van der Waals surface area contributed by atoms with Crippen LogP contribution in [0.25, 0.3) is 0 Å². The standard InChI is InChI=1S/C22H40O4/c1-17(2)13-9-7-5-4-6-8-10-14-18(3)26-22(25)20-16-12-11-15-19(20)21(23)24/h17-20H,4-16H2,1-3H3,(H,23,24). The number of unbranched alkanes of at least 4 members (excludes halogenated alkanes) is 6. The van der Waals surface area contributed by atoms with E-state index in [4.69, 9.17) is 4.74 Å². The van der Waals surface area contributed by atoms with Crippen molar-refractivity contribution in [2.24, 2.45) is 17.8 Å². The van der Waals surface area contributed by atoms with Crippen LogP contribution in [0.15, 0.2) is 0 Å². The second kappa shape index (κ2) is 13.2. The summed E-state index contributed by atoms with van der Waals surface area (Å²) in [6.07, 6.45) is 14.0. The van der Waals surface area contributed by atoms with Crippen LogP contribution in [0.1, 0.15) is 104 Å². The summed E-state index contributed by atoms with van der Waals surface area (Å²) in [6.45, 7) is 6.50. The van der Waals surface area contributed by atoms with E-state index in [-0.39, 0.29) is 12.1 Å². The number of esters is 1. The van der Waals surface area contributed by atoms with E-state index >= 15 is 0 Å². The van der Waals surface area contributed by atoms with Crippen molar-refractivity contribution >= 4 is 11.9 Å². The van der Waals surface area contributed by atoms with Crippen molar-refractivity contribution in [1.29, 1.82) is 0 Å². The molecular formula is C22H40O4. The molecule has 0 radical (unpaired) electrons. The van der Waals surface area contributed by atoms with Crippen LogP contribution in [0.2, 0.25) is 0 Å². The Labute approximate surface area is 160 Å². The maximum absolute atomic E-state index is 12.3. The largest absolute Gasteiger partial charge is 0.481 e. The molecule has 0 heterocycles. The molecule has 3 unspecified atom stereocenters. The zero-order valence-corrected chi connectivity index (χ0v) is 17.2. The summed E-state index contributed by atoms with van der Waals surface area (Å²) >= 11 is 0. The van der Waals surface area contributed by atoms with Crippen LogP contribution in [0.4, 0.5) is 0 Å². The maximum atomic E-state index is 12.3. The van der Waals surface area contributed by atoms with Crippen LogP contribution in [0.3, 0.4) is 0 Å². The van der Waals surface area contributed by atoms with E-state index in [9.17, 15) is 14.7 Å². The van der Waals surface area contributed by atoms with Crippen molar-refractivity contribution in [3.63, 3.8) is 0 Å². The van der Waals surface area contributed by atoms with Crippen LogP contribution in [0, 0.1) is 17.8 Å². The molecule has 0 spiro atoms. The third kappa shape index (κ3) is 9.59. The van der Waals surface area contributed by atoms with Gasteiger partial charge in [0, 0.05) is 0 Å².